The molecule has 0 unspecified atom stereocenters. The van der Waals surface area contributed by atoms with Crippen LogP contribution in [0.25, 0.3) is 10.9 Å². The Morgan fingerprint density at radius 2 is 2.12 bits per heavy atom. The Bertz CT molecular complexity index is 1230. The quantitative estimate of drug-likeness (QED) is 0.473. The van der Waals surface area contributed by atoms with E-state index >= 15 is 0 Å². The van der Waals surface area contributed by atoms with E-state index in [4.69, 9.17) is 4.74 Å². The second-order valence-corrected chi connectivity index (χ2v) is 9.10. The van der Waals surface area contributed by atoms with Crippen LogP contribution in [0.5, 0.6) is 0 Å². The summed E-state index contributed by atoms with van der Waals surface area (Å²) in [5, 5.41) is 8.36. The van der Waals surface area contributed by atoms with Gasteiger partial charge in [0.2, 0.25) is 0 Å². The topological polar surface area (TPSA) is 92.2 Å². The number of rotatable bonds is 9. The van der Waals surface area contributed by atoms with Crippen LogP contribution in [-0.4, -0.2) is 46.3 Å². The molecule has 1 aliphatic carbocycles. The molecular formula is C26H33N5O3. The Labute approximate surface area is 199 Å². The third kappa shape index (κ3) is 5.39. The van der Waals surface area contributed by atoms with E-state index in [1.807, 2.05) is 56.4 Å². The molecule has 3 aromatic rings. The first-order valence-corrected chi connectivity index (χ1v) is 11.8. The van der Waals surface area contributed by atoms with Crippen LogP contribution in [0.2, 0.25) is 0 Å². The molecule has 0 radical (unpaired) electrons. The number of amides is 1. The van der Waals surface area contributed by atoms with Gasteiger partial charge in [-0.2, -0.15) is 5.10 Å². The van der Waals surface area contributed by atoms with Gasteiger partial charge in [-0.25, -0.2) is 0 Å². The van der Waals surface area contributed by atoms with E-state index in [0.717, 1.165) is 35.0 Å². The van der Waals surface area contributed by atoms with Crippen LogP contribution in [0, 0.1) is 6.92 Å². The molecule has 0 atom stereocenters. The van der Waals surface area contributed by atoms with Crippen LogP contribution in [0.3, 0.4) is 0 Å². The van der Waals surface area contributed by atoms with Crippen molar-refractivity contribution >= 4 is 16.8 Å². The van der Waals surface area contributed by atoms with Gasteiger partial charge in [0, 0.05) is 37.3 Å². The minimum atomic E-state index is -0.225. The van der Waals surface area contributed by atoms with Gasteiger partial charge in [0.25, 0.3) is 11.5 Å². The highest BCUT2D eigenvalue weighted by molar-refractivity contribution is 6.06. The number of hydrogen-bond donors (Lipinski definition) is 2. The standard InChI is InChI=1S/C26H33N5O3/c1-18-14-19(17-34-13-7-12-30(2)3)22(26(33)29-18)15-27-25(32)21-10-6-11-24-23(21)16-28-31(24)20-8-4-5-9-20/h6-7,10-12,14,16,20H,4-5,8-9,13,15,17H2,1-3H3,(H,27,32)(H,29,33)/b12-7+. The summed E-state index contributed by atoms with van der Waals surface area (Å²) in [5.41, 5.74) is 3.36. The molecular weight excluding hydrogens is 430 g/mol. The summed E-state index contributed by atoms with van der Waals surface area (Å²) >= 11 is 0. The molecule has 1 aliphatic rings. The van der Waals surface area contributed by atoms with Gasteiger partial charge in [-0.05, 0) is 55.8 Å². The van der Waals surface area contributed by atoms with Crippen molar-refractivity contribution in [1.29, 1.82) is 0 Å². The summed E-state index contributed by atoms with van der Waals surface area (Å²) in [6.45, 7) is 2.68. The van der Waals surface area contributed by atoms with Gasteiger partial charge in [-0.3, -0.25) is 14.3 Å². The molecule has 34 heavy (non-hydrogen) atoms. The van der Waals surface area contributed by atoms with E-state index < -0.39 is 0 Å². The maximum Gasteiger partial charge on any atom is 0.253 e. The van der Waals surface area contributed by atoms with Gasteiger partial charge >= 0.3 is 0 Å². The maximum absolute atomic E-state index is 13.1. The largest absolute Gasteiger partial charge is 0.384 e. The van der Waals surface area contributed by atoms with Gasteiger partial charge in [0.05, 0.1) is 36.5 Å². The summed E-state index contributed by atoms with van der Waals surface area (Å²) in [6.07, 6.45) is 10.3. The molecule has 1 amide bonds. The highest BCUT2D eigenvalue weighted by atomic mass is 16.5. The van der Waals surface area contributed by atoms with Gasteiger partial charge in [-0.15, -0.1) is 0 Å². The average Bonchev–Trinajstić information content (AvgIpc) is 3.47. The number of aromatic amines is 1. The van der Waals surface area contributed by atoms with Crippen molar-refractivity contribution in [2.75, 3.05) is 20.7 Å². The molecule has 0 saturated heterocycles. The van der Waals surface area contributed by atoms with Gasteiger partial charge < -0.3 is 19.9 Å². The van der Waals surface area contributed by atoms with Crippen LogP contribution >= 0.6 is 0 Å². The molecule has 4 rings (SSSR count). The molecule has 2 N–H and O–H groups in total. The fourth-order valence-electron chi connectivity index (χ4n) is 4.57. The second-order valence-electron chi connectivity index (χ2n) is 9.10. The van der Waals surface area contributed by atoms with Crippen molar-refractivity contribution in [1.82, 2.24) is 25.0 Å². The second kappa shape index (κ2) is 10.7. The van der Waals surface area contributed by atoms with Crippen LogP contribution < -0.4 is 10.9 Å². The maximum atomic E-state index is 13.1. The predicted molar refractivity (Wildman–Crippen MR) is 133 cm³/mol. The molecule has 0 spiro atoms. The van der Waals surface area contributed by atoms with Gasteiger partial charge in [0.1, 0.15) is 0 Å². The lowest BCUT2D eigenvalue weighted by atomic mass is 10.1. The molecule has 2 heterocycles. The zero-order chi connectivity index (χ0) is 24.1. The number of nitrogens with one attached hydrogen (secondary N) is 2. The van der Waals surface area contributed by atoms with Crippen molar-refractivity contribution in [3.05, 3.63) is 75.5 Å². The highest BCUT2D eigenvalue weighted by Crippen LogP contribution is 2.32. The molecule has 180 valence electrons. The summed E-state index contributed by atoms with van der Waals surface area (Å²) < 4.78 is 7.79. The molecule has 1 fully saturated rings. The Kier molecular flexibility index (Phi) is 7.47. The number of aryl methyl sites for hydroxylation is 1. The number of pyridine rings is 1. The first-order chi connectivity index (χ1) is 16.4. The number of carbonyl (C=O) groups excluding carboxylic acids is 1. The number of benzene rings is 1. The lowest BCUT2D eigenvalue weighted by Crippen LogP contribution is -2.28. The van der Waals surface area contributed by atoms with Crippen LogP contribution in [0.15, 0.2) is 47.5 Å². The van der Waals surface area contributed by atoms with Crippen LogP contribution in [0.4, 0.5) is 0 Å². The smallest absolute Gasteiger partial charge is 0.253 e. The number of H-pyrrole nitrogens is 1. The first-order valence-electron chi connectivity index (χ1n) is 11.8. The van der Waals surface area contributed by atoms with Gasteiger partial charge in [0.15, 0.2) is 0 Å². The Balaban J connectivity index is 1.48. The molecule has 1 saturated carbocycles. The lowest BCUT2D eigenvalue weighted by Gasteiger charge is -2.13. The average molecular weight is 464 g/mol. The Hall–Kier alpha value is -3.39. The van der Waals surface area contributed by atoms with Crippen molar-refractivity contribution in [2.24, 2.45) is 0 Å². The third-order valence-electron chi connectivity index (χ3n) is 6.22. The molecule has 0 aliphatic heterocycles. The van der Waals surface area contributed by atoms with E-state index in [-0.39, 0.29) is 24.6 Å². The SMILES string of the molecule is Cc1cc(COC/C=C/N(C)C)c(CNC(=O)c2cccc3c2cnn3C2CCCC2)c(=O)[nH]1. The summed E-state index contributed by atoms with van der Waals surface area (Å²) in [6, 6.07) is 8.01. The van der Waals surface area contributed by atoms with Crippen molar-refractivity contribution in [2.45, 2.75) is 51.8 Å². The normalized spacial score (nSPS) is 14.3. The monoisotopic (exact) mass is 463 g/mol. The van der Waals surface area contributed by atoms with Crippen LogP contribution in [-0.2, 0) is 17.9 Å². The molecule has 8 heteroatoms. The molecule has 8 nitrogen and oxygen atoms in total. The predicted octanol–water partition coefficient (Wildman–Crippen LogP) is 3.67. The van der Waals surface area contributed by atoms with Crippen molar-refractivity contribution in [3.63, 3.8) is 0 Å². The summed E-state index contributed by atoms with van der Waals surface area (Å²) in [7, 11) is 3.88. The summed E-state index contributed by atoms with van der Waals surface area (Å²) in [4.78, 5) is 30.5. The minimum Gasteiger partial charge on any atom is -0.384 e. The number of ether oxygens (including phenoxy) is 1. The number of fused-ring (bicyclic) bond motifs is 1. The molecule has 2 aromatic heterocycles. The van der Waals surface area contributed by atoms with E-state index in [2.05, 4.69) is 20.1 Å². The Morgan fingerprint density at radius 3 is 2.88 bits per heavy atom. The molecule has 0 bridgehead atoms. The zero-order valence-electron chi connectivity index (χ0n) is 20.1. The fourth-order valence-corrected chi connectivity index (χ4v) is 4.57. The Morgan fingerprint density at radius 1 is 1.32 bits per heavy atom. The number of nitrogens with zero attached hydrogens (tertiary/aromatic N) is 3. The fraction of sp³-hybridized carbons (Fsp3) is 0.423. The summed E-state index contributed by atoms with van der Waals surface area (Å²) in [5.74, 6) is -0.225. The molecule has 1 aromatic carbocycles. The minimum absolute atomic E-state index is 0.119. The number of aromatic nitrogens is 3. The zero-order valence-corrected chi connectivity index (χ0v) is 20.1. The van der Waals surface area contributed by atoms with E-state index in [1.54, 1.807) is 12.3 Å². The van der Waals surface area contributed by atoms with Crippen molar-refractivity contribution < 1.29 is 9.53 Å². The number of hydrogen-bond acceptors (Lipinski definition) is 5. The van der Waals surface area contributed by atoms with Crippen LogP contribution in [0.1, 0.15) is 58.9 Å². The number of carbonyl (C=O) groups is 1. The van der Waals surface area contributed by atoms with Crippen molar-refractivity contribution in [3.8, 4) is 0 Å². The highest BCUT2D eigenvalue weighted by Gasteiger charge is 2.21. The van der Waals surface area contributed by atoms with Gasteiger partial charge in [-0.1, -0.05) is 18.9 Å². The lowest BCUT2D eigenvalue weighted by molar-refractivity contribution is 0.0951. The third-order valence-corrected chi connectivity index (χ3v) is 6.22. The van der Waals surface area contributed by atoms with E-state index in [0.29, 0.717) is 23.8 Å². The van der Waals surface area contributed by atoms with E-state index in [9.17, 15) is 9.59 Å². The first kappa shape index (κ1) is 23.8. The van der Waals surface area contributed by atoms with E-state index in [1.165, 1.54) is 12.8 Å².